The Hall–Kier alpha value is -0.430. The van der Waals surface area contributed by atoms with E-state index in [1.54, 1.807) is 13.0 Å². The molecule has 1 aromatic carbocycles. The van der Waals surface area contributed by atoms with Gasteiger partial charge in [-0.05, 0) is 56.5 Å². The summed E-state index contributed by atoms with van der Waals surface area (Å²) in [6.07, 6.45) is 1.57. The number of aryl methyl sites for hydroxylation is 2. The van der Waals surface area contributed by atoms with E-state index in [2.05, 4.69) is 20.7 Å². The molecule has 0 saturated heterocycles. The zero-order chi connectivity index (χ0) is 13.8. The second kappa shape index (κ2) is 6.65. The molecular formula is C12H19BrN2O2S. The van der Waals surface area contributed by atoms with Crippen LogP contribution in [0.2, 0.25) is 0 Å². The molecule has 1 aromatic rings. The summed E-state index contributed by atoms with van der Waals surface area (Å²) in [5.41, 5.74) is 7.01. The summed E-state index contributed by atoms with van der Waals surface area (Å²) in [5, 5.41) is 0. The average molecular weight is 335 g/mol. The molecule has 102 valence electrons. The van der Waals surface area contributed by atoms with Crippen molar-refractivity contribution in [1.29, 1.82) is 0 Å². The fourth-order valence-corrected chi connectivity index (χ4v) is 3.44. The monoisotopic (exact) mass is 334 g/mol. The molecule has 1 rings (SSSR count). The lowest BCUT2D eigenvalue weighted by Gasteiger charge is -2.11. The van der Waals surface area contributed by atoms with Gasteiger partial charge in [-0.15, -0.1) is 0 Å². The van der Waals surface area contributed by atoms with Crippen molar-refractivity contribution in [2.24, 2.45) is 5.73 Å². The Morgan fingerprint density at radius 2 is 1.89 bits per heavy atom. The fraction of sp³-hybridized carbons (Fsp3) is 0.500. The molecular weight excluding hydrogens is 316 g/mol. The van der Waals surface area contributed by atoms with E-state index in [1.807, 2.05) is 13.0 Å². The number of nitrogens with one attached hydrogen (secondary N) is 1. The van der Waals surface area contributed by atoms with Gasteiger partial charge in [-0.3, -0.25) is 0 Å². The van der Waals surface area contributed by atoms with Gasteiger partial charge in [0.25, 0.3) is 0 Å². The van der Waals surface area contributed by atoms with Crippen molar-refractivity contribution in [2.75, 3.05) is 13.1 Å². The Bertz CT molecular complexity index is 515. The van der Waals surface area contributed by atoms with Crippen molar-refractivity contribution in [3.8, 4) is 0 Å². The summed E-state index contributed by atoms with van der Waals surface area (Å²) in [6.45, 7) is 4.67. The summed E-state index contributed by atoms with van der Waals surface area (Å²) in [6, 6.07) is 3.51. The van der Waals surface area contributed by atoms with Crippen LogP contribution < -0.4 is 10.5 Å². The van der Waals surface area contributed by atoms with Gasteiger partial charge >= 0.3 is 0 Å². The van der Waals surface area contributed by atoms with E-state index >= 15 is 0 Å². The lowest BCUT2D eigenvalue weighted by atomic mass is 10.2. The maximum absolute atomic E-state index is 12.1. The van der Waals surface area contributed by atoms with Crippen molar-refractivity contribution in [1.82, 2.24) is 4.72 Å². The highest BCUT2D eigenvalue weighted by molar-refractivity contribution is 9.10. The minimum atomic E-state index is -3.42. The first kappa shape index (κ1) is 15.6. The number of halogens is 1. The van der Waals surface area contributed by atoms with Crippen LogP contribution in [0.25, 0.3) is 0 Å². The standard InChI is InChI=1S/C12H19BrN2O2S/c1-9-8-12(10(2)7-11(9)13)18(16,17)15-6-4-3-5-14/h7-8,15H,3-6,14H2,1-2H3. The third kappa shape index (κ3) is 4.05. The molecule has 0 saturated carbocycles. The van der Waals surface area contributed by atoms with Gasteiger partial charge < -0.3 is 5.73 Å². The molecule has 0 heterocycles. The molecule has 0 aromatic heterocycles. The van der Waals surface area contributed by atoms with E-state index in [0.717, 1.165) is 28.4 Å². The third-order valence-corrected chi connectivity index (χ3v) is 5.13. The van der Waals surface area contributed by atoms with E-state index in [4.69, 9.17) is 5.73 Å². The second-order valence-corrected chi connectivity index (χ2v) is 6.85. The Morgan fingerprint density at radius 1 is 1.22 bits per heavy atom. The maximum Gasteiger partial charge on any atom is 0.240 e. The summed E-state index contributed by atoms with van der Waals surface area (Å²) in [7, 11) is -3.42. The Balaban J connectivity index is 2.88. The van der Waals surface area contributed by atoms with Gasteiger partial charge in [0, 0.05) is 11.0 Å². The van der Waals surface area contributed by atoms with Crippen LogP contribution in [0.1, 0.15) is 24.0 Å². The normalized spacial score (nSPS) is 11.8. The van der Waals surface area contributed by atoms with Gasteiger partial charge in [-0.25, -0.2) is 13.1 Å². The molecule has 0 spiro atoms. The van der Waals surface area contributed by atoms with E-state index < -0.39 is 10.0 Å². The van der Waals surface area contributed by atoms with Crippen LogP contribution in [0.15, 0.2) is 21.5 Å². The van der Waals surface area contributed by atoms with E-state index in [0.29, 0.717) is 18.0 Å². The molecule has 0 bridgehead atoms. The van der Waals surface area contributed by atoms with E-state index in [9.17, 15) is 8.42 Å². The highest BCUT2D eigenvalue weighted by atomic mass is 79.9. The lowest BCUT2D eigenvalue weighted by molar-refractivity contribution is 0.576. The topological polar surface area (TPSA) is 72.2 Å². The van der Waals surface area contributed by atoms with Crippen LogP contribution in [0.5, 0.6) is 0 Å². The smallest absolute Gasteiger partial charge is 0.240 e. The second-order valence-electron chi connectivity index (χ2n) is 4.26. The maximum atomic E-state index is 12.1. The van der Waals surface area contributed by atoms with Crippen LogP contribution in [0, 0.1) is 13.8 Å². The lowest BCUT2D eigenvalue weighted by Crippen LogP contribution is -2.26. The Kier molecular flexibility index (Phi) is 5.78. The number of unbranched alkanes of at least 4 members (excludes halogenated alkanes) is 1. The van der Waals surface area contributed by atoms with Crippen LogP contribution in [-0.4, -0.2) is 21.5 Å². The molecule has 18 heavy (non-hydrogen) atoms. The summed E-state index contributed by atoms with van der Waals surface area (Å²) >= 11 is 3.39. The number of sulfonamides is 1. The highest BCUT2D eigenvalue weighted by Crippen LogP contribution is 2.24. The molecule has 0 unspecified atom stereocenters. The number of benzene rings is 1. The minimum Gasteiger partial charge on any atom is -0.330 e. The number of rotatable bonds is 6. The molecule has 6 heteroatoms. The van der Waals surface area contributed by atoms with Gasteiger partial charge in [-0.2, -0.15) is 0 Å². The zero-order valence-corrected chi connectivity index (χ0v) is 13.1. The SMILES string of the molecule is Cc1cc(S(=O)(=O)NCCCCN)c(C)cc1Br. The molecule has 0 fully saturated rings. The number of nitrogens with two attached hydrogens (primary N) is 1. The van der Waals surface area contributed by atoms with Gasteiger partial charge in [0.05, 0.1) is 4.90 Å². The van der Waals surface area contributed by atoms with Gasteiger partial charge in [-0.1, -0.05) is 15.9 Å². The predicted octanol–water partition coefficient (Wildman–Crippen LogP) is 2.08. The predicted molar refractivity (Wildman–Crippen MR) is 77.1 cm³/mol. The minimum absolute atomic E-state index is 0.343. The number of hydrogen-bond donors (Lipinski definition) is 2. The van der Waals surface area contributed by atoms with Gasteiger partial charge in [0.2, 0.25) is 10.0 Å². The number of hydrogen-bond acceptors (Lipinski definition) is 3. The van der Waals surface area contributed by atoms with Crippen LogP contribution in [0.4, 0.5) is 0 Å². The van der Waals surface area contributed by atoms with E-state index in [1.165, 1.54) is 0 Å². The fourth-order valence-electron chi connectivity index (χ4n) is 1.60. The van der Waals surface area contributed by atoms with Crippen molar-refractivity contribution in [3.63, 3.8) is 0 Å². The quantitative estimate of drug-likeness (QED) is 0.782. The molecule has 0 aliphatic carbocycles. The van der Waals surface area contributed by atoms with Gasteiger partial charge in [0.15, 0.2) is 0 Å². The summed E-state index contributed by atoms with van der Waals surface area (Å²) in [4.78, 5) is 0.343. The molecule has 0 atom stereocenters. The van der Waals surface area contributed by atoms with Crippen molar-refractivity contribution < 1.29 is 8.42 Å². The zero-order valence-electron chi connectivity index (χ0n) is 10.7. The largest absolute Gasteiger partial charge is 0.330 e. The first-order valence-electron chi connectivity index (χ1n) is 5.85. The highest BCUT2D eigenvalue weighted by Gasteiger charge is 2.17. The summed E-state index contributed by atoms with van der Waals surface area (Å²) < 4.78 is 27.8. The van der Waals surface area contributed by atoms with Crippen LogP contribution in [0.3, 0.4) is 0 Å². The van der Waals surface area contributed by atoms with Crippen LogP contribution in [-0.2, 0) is 10.0 Å². The third-order valence-electron chi connectivity index (χ3n) is 2.67. The van der Waals surface area contributed by atoms with Crippen molar-refractivity contribution in [3.05, 3.63) is 27.7 Å². The average Bonchev–Trinajstić information content (AvgIpc) is 2.29. The van der Waals surface area contributed by atoms with Gasteiger partial charge in [0.1, 0.15) is 0 Å². The Labute approximate surface area is 117 Å². The molecule has 0 aliphatic heterocycles. The Morgan fingerprint density at radius 3 is 2.50 bits per heavy atom. The van der Waals surface area contributed by atoms with Crippen molar-refractivity contribution in [2.45, 2.75) is 31.6 Å². The van der Waals surface area contributed by atoms with E-state index in [-0.39, 0.29) is 0 Å². The molecule has 0 radical (unpaired) electrons. The van der Waals surface area contributed by atoms with Crippen LogP contribution >= 0.6 is 15.9 Å². The first-order valence-corrected chi connectivity index (χ1v) is 8.12. The molecule has 4 nitrogen and oxygen atoms in total. The molecule has 3 N–H and O–H groups in total. The summed E-state index contributed by atoms with van der Waals surface area (Å²) in [5.74, 6) is 0. The first-order chi connectivity index (χ1) is 8.38. The molecule has 0 aliphatic rings. The van der Waals surface area contributed by atoms with Crippen molar-refractivity contribution >= 4 is 26.0 Å². The molecule has 0 amide bonds.